The minimum Gasteiger partial charge on any atom is -0.395 e. The summed E-state index contributed by atoms with van der Waals surface area (Å²) in [5, 5.41) is 9.31. The van der Waals surface area contributed by atoms with Crippen LogP contribution in [0.3, 0.4) is 0 Å². The number of hydrogen-bond acceptors (Lipinski definition) is 4. The van der Waals surface area contributed by atoms with Gasteiger partial charge in [-0.2, -0.15) is 0 Å². The molecule has 2 heterocycles. The zero-order valence-corrected chi connectivity index (χ0v) is 12.0. The Morgan fingerprint density at radius 3 is 2.75 bits per heavy atom. The number of hydrogen-bond donors (Lipinski definition) is 1. The third kappa shape index (κ3) is 2.54. The number of rotatable bonds is 7. The van der Waals surface area contributed by atoms with E-state index in [0.29, 0.717) is 18.1 Å². The molecule has 2 aromatic rings. The minimum absolute atomic E-state index is 0.0443. The molecule has 0 fully saturated rings. The maximum Gasteiger partial charge on any atom is 0.170 e. The van der Waals surface area contributed by atoms with Crippen molar-refractivity contribution in [2.75, 3.05) is 18.1 Å². The Balaban J connectivity index is 2.54. The average molecular weight is 275 g/mol. The SMILES string of the molecule is CCC(CC)N(CCO)c1nc2ccccn2c1C=O. The molecule has 0 saturated carbocycles. The van der Waals surface area contributed by atoms with Gasteiger partial charge in [0.25, 0.3) is 0 Å². The van der Waals surface area contributed by atoms with Crippen molar-refractivity contribution in [2.45, 2.75) is 32.7 Å². The smallest absolute Gasteiger partial charge is 0.170 e. The van der Waals surface area contributed by atoms with Crippen LogP contribution < -0.4 is 4.90 Å². The first-order valence-electron chi connectivity index (χ1n) is 7.06. The largest absolute Gasteiger partial charge is 0.395 e. The van der Waals surface area contributed by atoms with E-state index in [-0.39, 0.29) is 12.6 Å². The summed E-state index contributed by atoms with van der Waals surface area (Å²) in [6.07, 6.45) is 4.56. The van der Waals surface area contributed by atoms with E-state index < -0.39 is 0 Å². The van der Waals surface area contributed by atoms with E-state index in [1.54, 1.807) is 4.40 Å². The van der Waals surface area contributed by atoms with Crippen LogP contribution in [0.1, 0.15) is 37.2 Å². The molecule has 0 unspecified atom stereocenters. The van der Waals surface area contributed by atoms with Gasteiger partial charge in [-0.1, -0.05) is 19.9 Å². The Bertz CT molecular complexity index is 576. The monoisotopic (exact) mass is 275 g/mol. The van der Waals surface area contributed by atoms with Gasteiger partial charge in [-0.3, -0.25) is 9.20 Å². The molecule has 1 N–H and O–H groups in total. The molecule has 2 rings (SSSR count). The molecule has 0 aromatic carbocycles. The topological polar surface area (TPSA) is 57.8 Å². The molecule has 0 amide bonds. The van der Waals surface area contributed by atoms with Crippen LogP contribution in [0.5, 0.6) is 0 Å². The Hall–Kier alpha value is -1.88. The first-order chi connectivity index (χ1) is 9.76. The molecule has 0 aliphatic heterocycles. The number of imidazole rings is 1. The van der Waals surface area contributed by atoms with Crippen LogP contribution in [-0.2, 0) is 0 Å². The van der Waals surface area contributed by atoms with Gasteiger partial charge in [0.1, 0.15) is 11.3 Å². The average Bonchev–Trinajstić information content (AvgIpc) is 2.85. The van der Waals surface area contributed by atoms with Gasteiger partial charge in [0.2, 0.25) is 0 Å². The van der Waals surface area contributed by atoms with E-state index in [2.05, 4.69) is 18.8 Å². The number of pyridine rings is 1. The van der Waals surface area contributed by atoms with Crippen molar-refractivity contribution in [1.29, 1.82) is 0 Å². The highest BCUT2D eigenvalue weighted by atomic mass is 16.3. The van der Waals surface area contributed by atoms with Crippen LogP contribution in [0, 0.1) is 0 Å². The molecular weight excluding hydrogens is 254 g/mol. The zero-order valence-electron chi connectivity index (χ0n) is 12.0. The predicted molar refractivity (Wildman–Crippen MR) is 79.4 cm³/mol. The molecule has 20 heavy (non-hydrogen) atoms. The van der Waals surface area contributed by atoms with Gasteiger partial charge in [0.15, 0.2) is 12.1 Å². The highest BCUT2D eigenvalue weighted by Gasteiger charge is 2.22. The number of anilines is 1. The number of carbonyl (C=O) groups is 1. The number of fused-ring (bicyclic) bond motifs is 1. The molecule has 0 saturated heterocycles. The number of aromatic nitrogens is 2. The van der Waals surface area contributed by atoms with E-state index in [1.807, 2.05) is 29.3 Å². The lowest BCUT2D eigenvalue weighted by Crippen LogP contribution is -2.37. The summed E-state index contributed by atoms with van der Waals surface area (Å²) >= 11 is 0. The fraction of sp³-hybridized carbons (Fsp3) is 0.467. The minimum atomic E-state index is 0.0443. The van der Waals surface area contributed by atoms with Crippen molar-refractivity contribution in [1.82, 2.24) is 9.38 Å². The first kappa shape index (κ1) is 14.5. The highest BCUT2D eigenvalue weighted by molar-refractivity contribution is 5.83. The van der Waals surface area contributed by atoms with Crippen LogP contribution in [0.15, 0.2) is 24.4 Å². The van der Waals surface area contributed by atoms with Crippen molar-refractivity contribution in [2.24, 2.45) is 0 Å². The zero-order chi connectivity index (χ0) is 14.5. The number of nitrogens with zero attached hydrogens (tertiary/aromatic N) is 3. The number of aldehydes is 1. The Morgan fingerprint density at radius 2 is 2.15 bits per heavy atom. The summed E-state index contributed by atoms with van der Waals surface area (Å²) in [5.74, 6) is 0.661. The second kappa shape index (κ2) is 6.52. The van der Waals surface area contributed by atoms with E-state index in [0.717, 1.165) is 24.8 Å². The van der Waals surface area contributed by atoms with Gasteiger partial charge in [-0.05, 0) is 25.0 Å². The van der Waals surface area contributed by atoms with E-state index in [9.17, 15) is 9.90 Å². The fourth-order valence-corrected chi connectivity index (χ4v) is 2.62. The Morgan fingerprint density at radius 1 is 1.40 bits per heavy atom. The Labute approximate surface area is 118 Å². The van der Waals surface area contributed by atoms with Gasteiger partial charge < -0.3 is 10.0 Å². The van der Waals surface area contributed by atoms with E-state index in [4.69, 9.17) is 0 Å². The molecule has 2 aromatic heterocycles. The highest BCUT2D eigenvalue weighted by Crippen LogP contribution is 2.24. The molecule has 5 heteroatoms. The lowest BCUT2D eigenvalue weighted by atomic mass is 10.1. The van der Waals surface area contributed by atoms with Gasteiger partial charge in [-0.25, -0.2) is 4.98 Å². The molecule has 0 atom stereocenters. The summed E-state index contributed by atoms with van der Waals surface area (Å²) in [7, 11) is 0. The second-order valence-corrected chi connectivity index (χ2v) is 4.75. The lowest BCUT2D eigenvalue weighted by Gasteiger charge is -2.30. The van der Waals surface area contributed by atoms with Gasteiger partial charge in [0.05, 0.1) is 6.61 Å². The van der Waals surface area contributed by atoms with Crippen LogP contribution in [0.2, 0.25) is 0 Å². The van der Waals surface area contributed by atoms with Crippen molar-refractivity contribution in [3.05, 3.63) is 30.1 Å². The van der Waals surface area contributed by atoms with Crippen molar-refractivity contribution in [3.63, 3.8) is 0 Å². The van der Waals surface area contributed by atoms with Crippen LogP contribution in [-0.4, -0.2) is 40.0 Å². The van der Waals surface area contributed by atoms with Crippen molar-refractivity contribution >= 4 is 17.8 Å². The van der Waals surface area contributed by atoms with E-state index >= 15 is 0 Å². The van der Waals surface area contributed by atoms with Crippen LogP contribution >= 0.6 is 0 Å². The summed E-state index contributed by atoms with van der Waals surface area (Å²) in [6.45, 7) is 4.74. The molecular formula is C15H21N3O2. The molecule has 0 aliphatic carbocycles. The number of carbonyl (C=O) groups excluding carboxylic acids is 1. The third-order valence-electron chi connectivity index (χ3n) is 3.66. The summed E-state index contributed by atoms with van der Waals surface area (Å²) < 4.78 is 1.79. The van der Waals surface area contributed by atoms with Gasteiger partial charge in [-0.15, -0.1) is 0 Å². The standard InChI is InChI=1S/C15H21N3O2/c1-3-12(4-2)17(9-10-19)15-13(11-20)18-8-6-5-7-14(18)16-15/h5-8,11-12,19H,3-4,9-10H2,1-2H3. The molecule has 0 radical (unpaired) electrons. The van der Waals surface area contributed by atoms with Crippen molar-refractivity contribution < 1.29 is 9.90 Å². The Kier molecular flexibility index (Phi) is 4.74. The maximum absolute atomic E-state index is 11.5. The summed E-state index contributed by atoms with van der Waals surface area (Å²) in [6, 6.07) is 5.92. The molecule has 5 nitrogen and oxygen atoms in total. The van der Waals surface area contributed by atoms with Crippen LogP contribution in [0.25, 0.3) is 5.65 Å². The number of aliphatic hydroxyl groups excluding tert-OH is 1. The molecule has 108 valence electrons. The van der Waals surface area contributed by atoms with E-state index in [1.165, 1.54) is 0 Å². The van der Waals surface area contributed by atoms with Gasteiger partial charge >= 0.3 is 0 Å². The van der Waals surface area contributed by atoms with Gasteiger partial charge in [0, 0.05) is 18.8 Å². The fourth-order valence-electron chi connectivity index (χ4n) is 2.62. The summed E-state index contributed by atoms with van der Waals surface area (Å²) in [4.78, 5) is 18.1. The second-order valence-electron chi connectivity index (χ2n) is 4.75. The lowest BCUT2D eigenvalue weighted by molar-refractivity contribution is 0.111. The van der Waals surface area contributed by atoms with Crippen LogP contribution in [0.4, 0.5) is 5.82 Å². The maximum atomic E-state index is 11.5. The molecule has 0 spiro atoms. The third-order valence-corrected chi connectivity index (χ3v) is 3.66. The van der Waals surface area contributed by atoms with Crippen molar-refractivity contribution in [3.8, 4) is 0 Å². The molecule has 0 aliphatic rings. The molecule has 0 bridgehead atoms. The normalized spacial score (nSPS) is 11.2. The summed E-state index contributed by atoms with van der Waals surface area (Å²) in [5.41, 5.74) is 1.29. The number of aliphatic hydroxyl groups is 1. The quantitative estimate of drug-likeness (QED) is 0.786. The first-order valence-corrected chi connectivity index (χ1v) is 7.06. The predicted octanol–water partition coefficient (Wildman–Crippen LogP) is 2.13.